The van der Waals surface area contributed by atoms with E-state index in [4.69, 9.17) is 0 Å². The van der Waals surface area contributed by atoms with Crippen molar-refractivity contribution in [2.45, 2.75) is 31.8 Å². The molecule has 0 radical (unpaired) electrons. The van der Waals surface area contributed by atoms with E-state index in [1.54, 1.807) is 35.6 Å². The fourth-order valence-electron chi connectivity index (χ4n) is 2.24. The van der Waals surface area contributed by atoms with E-state index in [2.05, 4.69) is 34.7 Å². The van der Waals surface area contributed by atoms with Gasteiger partial charge in [-0.1, -0.05) is 12.1 Å². The summed E-state index contributed by atoms with van der Waals surface area (Å²) in [5.41, 5.74) is 0.951. The average Bonchev–Trinajstić information content (AvgIpc) is 3.03. The van der Waals surface area contributed by atoms with Crippen LogP contribution < -0.4 is 10.6 Å². The van der Waals surface area contributed by atoms with Gasteiger partial charge in [-0.2, -0.15) is 0 Å². The maximum absolute atomic E-state index is 12.1. The Balaban J connectivity index is 0.00000364. The number of rotatable bonds is 7. The molecule has 0 saturated heterocycles. The van der Waals surface area contributed by atoms with Gasteiger partial charge in [-0.05, 0) is 43.7 Å². The second kappa shape index (κ2) is 11.0. The zero-order valence-electron chi connectivity index (χ0n) is 16.0. The van der Waals surface area contributed by atoms with Crippen LogP contribution in [0.2, 0.25) is 0 Å². The van der Waals surface area contributed by atoms with Gasteiger partial charge in [0.1, 0.15) is 0 Å². The van der Waals surface area contributed by atoms with Crippen molar-refractivity contribution >= 4 is 51.3 Å². The molecule has 2 N–H and O–H groups in total. The van der Waals surface area contributed by atoms with Crippen molar-refractivity contribution in [3.8, 4) is 0 Å². The van der Waals surface area contributed by atoms with Gasteiger partial charge >= 0.3 is 0 Å². The first-order valence-corrected chi connectivity index (χ1v) is 10.7. The Morgan fingerprint density at radius 3 is 2.30 bits per heavy atom. The van der Waals surface area contributed by atoms with E-state index >= 15 is 0 Å². The zero-order valence-corrected chi connectivity index (χ0v) is 20.0. The Kier molecular flexibility index (Phi) is 9.71. The number of halogens is 1. The highest BCUT2D eigenvalue weighted by Gasteiger charge is 2.16. The van der Waals surface area contributed by atoms with E-state index in [9.17, 15) is 8.42 Å². The molecule has 1 heterocycles. The van der Waals surface area contributed by atoms with Crippen LogP contribution in [0.15, 0.2) is 46.3 Å². The number of nitrogens with zero attached hydrogens (tertiary/aromatic N) is 2. The van der Waals surface area contributed by atoms with Crippen LogP contribution in [-0.4, -0.2) is 39.3 Å². The summed E-state index contributed by atoms with van der Waals surface area (Å²) in [5.74, 6) is 0.739. The summed E-state index contributed by atoms with van der Waals surface area (Å²) >= 11 is 1.76. The van der Waals surface area contributed by atoms with Crippen molar-refractivity contribution in [3.63, 3.8) is 0 Å². The van der Waals surface area contributed by atoms with E-state index < -0.39 is 10.0 Å². The van der Waals surface area contributed by atoms with Crippen LogP contribution in [-0.2, 0) is 23.1 Å². The molecule has 0 atom stereocenters. The van der Waals surface area contributed by atoms with E-state index in [0.29, 0.717) is 6.54 Å². The van der Waals surface area contributed by atoms with Crippen molar-refractivity contribution in [1.82, 2.24) is 14.9 Å². The lowest BCUT2D eigenvalue weighted by molar-refractivity contribution is 0.520. The smallest absolute Gasteiger partial charge is 0.242 e. The normalized spacial score (nSPS) is 12.0. The molecule has 0 unspecified atom stereocenters. The first-order chi connectivity index (χ1) is 12.3. The van der Waals surface area contributed by atoms with Gasteiger partial charge in [-0.15, -0.1) is 35.3 Å². The van der Waals surface area contributed by atoms with E-state index in [1.165, 1.54) is 28.2 Å². The number of hydrogen-bond acceptors (Lipinski definition) is 4. The summed E-state index contributed by atoms with van der Waals surface area (Å²) < 4.78 is 25.4. The van der Waals surface area contributed by atoms with Crippen LogP contribution in [0.1, 0.15) is 22.2 Å². The number of guanidine groups is 1. The summed E-state index contributed by atoms with van der Waals surface area (Å²) in [6.07, 6.45) is 0. The number of aliphatic imine (C=N–C) groups is 1. The summed E-state index contributed by atoms with van der Waals surface area (Å²) in [6, 6.07) is 11.1. The first kappa shape index (κ1) is 23.9. The lowest BCUT2D eigenvalue weighted by Gasteiger charge is -2.12. The van der Waals surface area contributed by atoms with Crippen molar-refractivity contribution in [1.29, 1.82) is 0 Å². The van der Waals surface area contributed by atoms with E-state index in [-0.39, 0.29) is 28.9 Å². The second-order valence-corrected chi connectivity index (χ2v) is 9.52. The lowest BCUT2D eigenvalue weighted by atomic mass is 10.2. The predicted molar refractivity (Wildman–Crippen MR) is 123 cm³/mol. The van der Waals surface area contributed by atoms with Gasteiger partial charge < -0.3 is 10.6 Å². The number of benzene rings is 1. The van der Waals surface area contributed by atoms with Crippen molar-refractivity contribution in [3.05, 3.63) is 51.7 Å². The quantitative estimate of drug-likeness (QED) is 0.333. The molecular formula is C18H27IN4O2S2. The predicted octanol–water partition coefficient (Wildman–Crippen LogP) is 3.18. The molecule has 0 spiro atoms. The minimum atomic E-state index is -3.40. The molecule has 1 aromatic carbocycles. The number of hydrogen-bond donors (Lipinski definition) is 2. The molecule has 2 aromatic rings. The lowest BCUT2D eigenvalue weighted by Crippen LogP contribution is -2.36. The van der Waals surface area contributed by atoms with Crippen LogP contribution in [0.4, 0.5) is 0 Å². The number of thiophene rings is 1. The summed E-state index contributed by atoms with van der Waals surface area (Å²) in [7, 11) is -0.347. The first-order valence-electron chi connectivity index (χ1n) is 8.42. The molecule has 0 amide bonds. The molecule has 0 aliphatic heterocycles. The van der Waals surface area contributed by atoms with Gasteiger partial charge in [0.15, 0.2) is 5.96 Å². The van der Waals surface area contributed by atoms with Gasteiger partial charge in [0.25, 0.3) is 0 Å². The summed E-state index contributed by atoms with van der Waals surface area (Å²) in [5, 5.41) is 6.54. The van der Waals surface area contributed by atoms with Crippen molar-refractivity contribution < 1.29 is 8.42 Å². The zero-order chi connectivity index (χ0) is 19.2. The summed E-state index contributed by atoms with van der Waals surface area (Å²) in [6.45, 7) is 6.09. The van der Waals surface area contributed by atoms with Gasteiger partial charge in [-0.25, -0.2) is 17.7 Å². The Labute approximate surface area is 183 Å². The molecule has 0 bridgehead atoms. The number of nitrogens with one attached hydrogen (secondary N) is 2. The van der Waals surface area contributed by atoms with Crippen LogP contribution >= 0.6 is 35.3 Å². The van der Waals surface area contributed by atoms with Crippen LogP contribution in [0.3, 0.4) is 0 Å². The van der Waals surface area contributed by atoms with E-state index in [0.717, 1.165) is 24.6 Å². The molecule has 6 nitrogen and oxygen atoms in total. The average molecular weight is 522 g/mol. The minimum absolute atomic E-state index is 0. The SMILES string of the molecule is CCNC(=NCc1ccc(S(=O)(=O)N(C)C)cc1)NCc1ccc(C)s1.I. The van der Waals surface area contributed by atoms with Crippen molar-refractivity contribution in [2.75, 3.05) is 20.6 Å². The molecule has 0 aliphatic carbocycles. The van der Waals surface area contributed by atoms with Crippen LogP contribution in [0, 0.1) is 6.92 Å². The molecule has 9 heteroatoms. The molecule has 0 saturated carbocycles. The molecule has 1 aromatic heterocycles. The maximum atomic E-state index is 12.1. The van der Waals surface area contributed by atoms with E-state index in [1.807, 2.05) is 6.92 Å². The molecular weight excluding hydrogens is 495 g/mol. The molecule has 0 aliphatic rings. The third-order valence-corrected chi connectivity index (χ3v) is 6.52. The molecule has 0 fully saturated rings. The molecule has 2 rings (SSSR count). The number of sulfonamides is 1. The topological polar surface area (TPSA) is 73.8 Å². The Bertz CT molecular complexity index is 847. The van der Waals surface area contributed by atoms with Gasteiger partial charge in [0.05, 0.1) is 18.0 Å². The highest BCUT2D eigenvalue weighted by atomic mass is 127. The van der Waals surface area contributed by atoms with Crippen LogP contribution in [0.5, 0.6) is 0 Å². The Hall–Kier alpha value is -1.17. The van der Waals surface area contributed by atoms with Crippen molar-refractivity contribution in [2.24, 2.45) is 4.99 Å². The fraction of sp³-hybridized carbons (Fsp3) is 0.389. The minimum Gasteiger partial charge on any atom is -0.357 e. The Morgan fingerprint density at radius 1 is 1.11 bits per heavy atom. The second-order valence-electron chi connectivity index (χ2n) is 5.99. The Morgan fingerprint density at radius 2 is 1.78 bits per heavy atom. The largest absolute Gasteiger partial charge is 0.357 e. The molecule has 27 heavy (non-hydrogen) atoms. The number of aryl methyl sites for hydroxylation is 1. The standard InChI is InChI=1S/C18H26N4O2S2.HI/c1-5-19-18(21-13-16-9-6-14(2)25-16)20-12-15-7-10-17(11-8-15)26(23,24)22(3)4;/h6-11H,5,12-13H2,1-4H3,(H2,19,20,21);1H. The third kappa shape index (κ3) is 7.05. The van der Waals surface area contributed by atoms with Gasteiger partial charge in [-0.3, -0.25) is 0 Å². The third-order valence-electron chi connectivity index (χ3n) is 3.69. The fourth-order valence-corrected chi connectivity index (χ4v) is 3.97. The van der Waals surface area contributed by atoms with Gasteiger partial charge in [0, 0.05) is 30.4 Å². The van der Waals surface area contributed by atoms with Gasteiger partial charge in [0.2, 0.25) is 10.0 Å². The monoisotopic (exact) mass is 522 g/mol. The van der Waals surface area contributed by atoms with Crippen LogP contribution in [0.25, 0.3) is 0 Å². The highest BCUT2D eigenvalue weighted by Crippen LogP contribution is 2.15. The highest BCUT2D eigenvalue weighted by molar-refractivity contribution is 14.0. The maximum Gasteiger partial charge on any atom is 0.242 e. The summed E-state index contributed by atoms with van der Waals surface area (Å²) in [4.78, 5) is 7.40. The molecule has 150 valence electrons.